The summed E-state index contributed by atoms with van der Waals surface area (Å²) in [6.45, 7) is 1.15. The monoisotopic (exact) mass is 293 g/mol. The fourth-order valence-corrected chi connectivity index (χ4v) is 2.91. The van der Waals surface area contributed by atoms with E-state index in [9.17, 15) is 0 Å². The summed E-state index contributed by atoms with van der Waals surface area (Å²) in [5, 5.41) is 3.53. The standard InChI is InChI=1S/C13H16BrN3/c1-17-12-5-4-9(14)7-11(12)16-13(17)8-10-3-2-6-15-10/h4-5,7,10,15H,2-3,6,8H2,1H3. The highest BCUT2D eigenvalue weighted by Crippen LogP contribution is 2.21. The van der Waals surface area contributed by atoms with Crippen molar-refractivity contribution in [2.24, 2.45) is 7.05 Å². The van der Waals surface area contributed by atoms with E-state index in [2.05, 4.69) is 51.1 Å². The van der Waals surface area contributed by atoms with Gasteiger partial charge in [0.1, 0.15) is 5.82 Å². The van der Waals surface area contributed by atoms with Gasteiger partial charge in [0.2, 0.25) is 0 Å². The van der Waals surface area contributed by atoms with E-state index < -0.39 is 0 Å². The van der Waals surface area contributed by atoms with E-state index in [1.165, 1.54) is 24.2 Å². The largest absolute Gasteiger partial charge is 0.331 e. The van der Waals surface area contributed by atoms with Crippen molar-refractivity contribution in [3.63, 3.8) is 0 Å². The molecule has 1 fully saturated rings. The summed E-state index contributed by atoms with van der Waals surface area (Å²) in [5.41, 5.74) is 2.29. The van der Waals surface area contributed by atoms with E-state index in [0.717, 1.165) is 23.0 Å². The van der Waals surface area contributed by atoms with Gasteiger partial charge in [0.05, 0.1) is 11.0 Å². The molecule has 1 aliphatic rings. The first-order chi connectivity index (χ1) is 8.24. The average molecular weight is 294 g/mol. The van der Waals surface area contributed by atoms with Crippen molar-refractivity contribution in [1.29, 1.82) is 0 Å². The van der Waals surface area contributed by atoms with Crippen LogP contribution in [0.1, 0.15) is 18.7 Å². The minimum absolute atomic E-state index is 0.606. The molecule has 0 aliphatic carbocycles. The van der Waals surface area contributed by atoms with Crippen LogP contribution in [-0.4, -0.2) is 22.1 Å². The molecule has 0 saturated carbocycles. The van der Waals surface area contributed by atoms with Crippen LogP contribution < -0.4 is 5.32 Å². The fourth-order valence-electron chi connectivity index (χ4n) is 2.56. The third-order valence-corrected chi connectivity index (χ3v) is 4.02. The van der Waals surface area contributed by atoms with Gasteiger partial charge in [0.15, 0.2) is 0 Å². The van der Waals surface area contributed by atoms with Gasteiger partial charge < -0.3 is 9.88 Å². The minimum Gasteiger partial charge on any atom is -0.331 e. The molecule has 3 rings (SSSR count). The topological polar surface area (TPSA) is 29.9 Å². The van der Waals surface area contributed by atoms with Crippen molar-refractivity contribution < 1.29 is 0 Å². The molecule has 0 radical (unpaired) electrons. The number of nitrogens with zero attached hydrogens (tertiary/aromatic N) is 2. The van der Waals surface area contributed by atoms with Crippen LogP contribution in [0.25, 0.3) is 11.0 Å². The highest BCUT2D eigenvalue weighted by molar-refractivity contribution is 9.10. The Morgan fingerprint density at radius 2 is 2.41 bits per heavy atom. The van der Waals surface area contributed by atoms with Crippen LogP contribution >= 0.6 is 15.9 Å². The van der Waals surface area contributed by atoms with Crippen LogP contribution in [0.5, 0.6) is 0 Å². The van der Waals surface area contributed by atoms with E-state index in [-0.39, 0.29) is 0 Å². The minimum atomic E-state index is 0.606. The predicted molar refractivity (Wildman–Crippen MR) is 73.1 cm³/mol. The van der Waals surface area contributed by atoms with Crippen LogP contribution in [0.3, 0.4) is 0 Å². The average Bonchev–Trinajstić information content (AvgIpc) is 2.89. The van der Waals surface area contributed by atoms with Crippen LogP contribution in [-0.2, 0) is 13.5 Å². The van der Waals surface area contributed by atoms with E-state index in [4.69, 9.17) is 4.98 Å². The maximum Gasteiger partial charge on any atom is 0.111 e. The summed E-state index contributed by atoms with van der Waals surface area (Å²) >= 11 is 3.49. The van der Waals surface area contributed by atoms with E-state index >= 15 is 0 Å². The maximum absolute atomic E-state index is 4.73. The Morgan fingerprint density at radius 3 is 3.18 bits per heavy atom. The maximum atomic E-state index is 4.73. The molecule has 2 heterocycles. The molecule has 90 valence electrons. The van der Waals surface area contributed by atoms with Crippen molar-refractivity contribution >= 4 is 27.0 Å². The second-order valence-corrected chi connectivity index (χ2v) is 5.63. The van der Waals surface area contributed by atoms with Gasteiger partial charge in [-0.2, -0.15) is 0 Å². The van der Waals surface area contributed by atoms with Gasteiger partial charge in [-0.25, -0.2) is 4.98 Å². The van der Waals surface area contributed by atoms with Gasteiger partial charge in [-0.3, -0.25) is 0 Å². The number of nitrogens with one attached hydrogen (secondary N) is 1. The molecule has 1 aliphatic heterocycles. The summed E-state index contributed by atoms with van der Waals surface area (Å²) in [7, 11) is 2.10. The normalized spacial score (nSPS) is 20.2. The molecule has 17 heavy (non-hydrogen) atoms. The molecule has 0 spiro atoms. The summed E-state index contributed by atoms with van der Waals surface area (Å²) in [5.74, 6) is 1.18. The molecule has 0 amide bonds. The van der Waals surface area contributed by atoms with Crippen molar-refractivity contribution in [2.75, 3.05) is 6.54 Å². The van der Waals surface area contributed by atoms with Crippen molar-refractivity contribution in [1.82, 2.24) is 14.9 Å². The van der Waals surface area contributed by atoms with E-state index in [1.54, 1.807) is 0 Å². The van der Waals surface area contributed by atoms with Gasteiger partial charge in [-0.1, -0.05) is 15.9 Å². The zero-order chi connectivity index (χ0) is 11.8. The van der Waals surface area contributed by atoms with Crippen LogP contribution in [0.4, 0.5) is 0 Å². The van der Waals surface area contributed by atoms with Gasteiger partial charge in [-0.15, -0.1) is 0 Å². The molecule has 3 nitrogen and oxygen atoms in total. The van der Waals surface area contributed by atoms with Crippen molar-refractivity contribution in [3.05, 3.63) is 28.5 Å². The lowest BCUT2D eigenvalue weighted by molar-refractivity contribution is 0.575. The van der Waals surface area contributed by atoms with Crippen LogP contribution in [0.15, 0.2) is 22.7 Å². The van der Waals surface area contributed by atoms with E-state index in [0.29, 0.717) is 6.04 Å². The Balaban J connectivity index is 1.96. The Morgan fingerprint density at radius 1 is 1.53 bits per heavy atom. The molecular weight excluding hydrogens is 278 g/mol. The third kappa shape index (κ3) is 2.11. The van der Waals surface area contributed by atoms with Gasteiger partial charge in [0.25, 0.3) is 0 Å². The zero-order valence-corrected chi connectivity index (χ0v) is 11.5. The lowest BCUT2D eigenvalue weighted by Crippen LogP contribution is -2.25. The number of aryl methyl sites for hydroxylation is 1. The third-order valence-electron chi connectivity index (χ3n) is 3.53. The van der Waals surface area contributed by atoms with Gasteiger partial charge in [-0.05, 0) is 37.6 Å². The quantitative estimate of drug-likeness (QED) is 0.923. The first kappa shape index (κ1) is 11.2. The Kier molecular flexibility index (Phi) is 2.92. The molecule has 1 aromatic carbocycles. The number of halogens is 1. The Hall–Kier alpha value is -0.870. The van der Waals surface area contributed by atoms with Crippen molar-refractivity contribution in [3.8, 4) is 0 Å². The summed E-state index contributed by atoms with van der Waals surface area (Å²) < 4.78 is 3.30. The smallest absolute Gasteiger partial charge is 0.111 e. The SMILES string of the molecule is Cn1c(CC2CCCN2)nc2cc(Br)ccc21. The van der Waals surface area contributed by atoms with E-state index in [1.807, 2.05) is 0 Å². The highest BCUT2D eigenvalue weighted by atomic mass is 79.9. The lowest BCUT2D eigenvalue weighted by Gasteiger charge is -2.09. The molecule has 1 atom stereocenters. The van der Waals surface area contributed by atoms with Crippen LogP contribution in [0, 0.1) is 0 Å². The second kappa shape index (κ2) is 4.42. The highest BCUT2D eigenvalue weighted by Gasteiger charge is 2.17. The molecule has 2 aromatic rings. The number of rotatable bonds is 2. The second-order valence-electron chi connectivity index (χ2n) is 4.72. The van der Waals surface area contributed by atoms with Crippen molar-refractivity contribution in [2.45, 2.75) is 25.3 Å². The molecule has 1 unspecified atom stereocenters. The zero-order valence-electron chi connectivity index (χ0n) is 9.91. The van der Waals surface area contributed by atoms with Gasteiger partial charge in [0, 0.05) is 24.0 Å². The molecule has 1 saturated heterocycles. The number of imidazole rings is 1. The number of aromatic nitrogens is 2. The lowest BCUT2D eigenvalue weighted by atomic mass is 10.1. The number of benzene rings is 1. The molecule has 4 heteroatoms. The fraction of sp³-hybridized carbons (Fsp3) is 0.462. The molecular formula is C13H16BrN3. The number of hydrogen-bond donors (Lipinski definition) is 1. The molecule has 0 bridgehead atoms. The summed E-state index contributed by atoms with van der Waals surface area (Å²) in [4.78, 5) is 4.73. The number of hydrogen-bond acceptors (Lipinski definition) is 2. The first-order valence-electron chi connectivity index (χ1n) is 6.08. The Bertz CT molecular complexity index is 541. The predicted octanol–water partition coefficient (Wildman–Crippen LogP) is 2.63. The van der Waals surface area contributed by atoms with Gasteiger partial charge >= 0.3 is 0 Å². The number of fused-ring (bicyclic) bond motifs is 1. The first-order valence-corrected chi connectivity index (χ1v) is 6.87. The van der Waals surface area contributed by atoms with Crippen LogP contribution in [0.2, 0.25) is 0 Å². The Labute approximate surface area is 109 Å². The summed E-state index contributed by atoms with van der Waals surface area (Å²) in [6.07, 6.45) is 3.59. The summed E-state index contributed by atoms with van der Waals surface area (Å²) in [6, 6.07) is 6.88. The molecule has 1 aromatic heterocycles. The molecule has 1 N–H and O–H groups in total.